The molecule has 40 heavy (non-hydrogen) atoms. The maximum atomic E-state index is 13.5. The summed E-state index contributed by atoms with van der Waals surface area (Å²) in [5, 5.41) is 9.02. The summed E-state index contributed by atoms with van der Waals surface area (Å²) >= 11 is 0. The highest BCUT2D eigenvalue weighted by Gasteiger charge is 2.34. The largest absolute Gasteiger partial charge is 0.493 e. The van der Waals surface area contributed by atoms with Gasteiger partial charge in [0, 0.05) is 31.7 Å². The molecule has 4 aromatic rings. The number of benzene rings is 3. The number of fused-ring (bicyclic) bond motifs is 1. The van der Waals surface area contributed by atoms with Gasteiger partial charge in [0.05, 0.1) is 23.2 Å². The number of ether oxygens (including phenoxy) is 1. The molecule has 1 N–H and O–H groups in total. The summed E-state index contributed by atoms with van der Waals surface area (Å²) in [5.74, 6) is -0.498. The molecule has 9 heteroatoms. The Bertz CT molecular complexity index is 1480. The highest BCUT2D eigenvalue weighted by atomic mass is 19.4. The molecule has 0 saturated heterocycles. The lowest BCUT2D eigenvalue weighted by molar-refractivity contribution is -0.139. The Morgan fingerprint density at radius 3 is 2.10 bits per heavy atom. The average Bonchev–Trinajstić information content (AvgIpc) is 3.16. The van der Waals surface area contributed by atoms with Gasteiger partial charge in [0.15, 0.2) is 0 Å². The molecule has 0 amide bonds. The summed E-state index contributed by atoms with van der Waals surface area (Å²) in [6.07, 6.45) is -4.07. The number of aromatic nitrogens is 2. The summed E-state index contributed by atoms with van der Waals surface area (Å²) in [4.78, 5) is 2.37. The van der Waals surface area contributed by atoms with Gasteiger partial charge in [-0.25, -0.2) is 4.39 Å². The summed E-state index contributed by atoms with van der Waals surface area (Å²) in [5.41, 5.74) is 3.03. The molecule has 4 rings (SSSR count). The van der Waals surface area contributed by atoms with Crippen molar-refractivity contribution < 1.29 is 22.3 Å². The van der Waals surface area contributed by atoms with Gasteiger partial charge in [-0.1, -0.05) is 30.3 Å². The average molecular weight is 557 g/mol. The third kappa shape index (κ3) is 6.58. The second-order valence-electron chi connectivity index (χ2n) is 10.5. The van der Waals surface area contributed by atoms with Gasteiger partial charge < -0.3 is 13.9 Å². The fraction of sp³-hybridized carbons (Fsp3) is 0.387. The molecule has 214 valence electrons. The minimum absolute atomic E-state index is 0.0777. The molecule has 5 nitrogen and oxygen atoms in total. The van der Waals surface area contributed by atoms with Gasteiger partial charge in [-0.05, 0) is 81.6 Å². The van der Waals surface area contributed by atoms with Crippen LogP contribution < -0.4 is 10.4 Å². The molecule has 0 fully saturated rings. The van der Waals surface area contributed by atoms with E-state index in [1.807, 2.05) is 27.3 Å². The van der Waals surface area contributed by atoms with Crippen molar-refractivity contribution in [1.29, 1.82) is 5.41 Å². The van der Waals surface area contributed by atoms with Crippen LogP contribution in [0.2, 0.25) is 0 Å². The van der Waals surface area contributed by atoms with E-state index in [0.29, 0.717) is 37.2 Å². The zero-order valence-corrected chi connectivity index (χ0v) is 23.3. The number of nitrogens with zero attached hydrogens (tertiary/aromatic N) is 3. The second-order valence-corrected chi connectivity index (χ2v) is 10.5. The fourth-order valence-electron chi connectivity index (χ4n) is 5.18. The fourth-order valence-corrected chi connectivity index (χ4v) is 5.18. The van der Waals surface area contributed by atoms with Gasteiger partial charge in [0.2, 0.25) is 5.62 Å². The number of hydrogen-bond donors (Lipinski definition) is 1. The lowest BCUT2D eigenvalue weighted by Gasteiger charge is -2.30. The third-order valence-electron chi connectivity index (χ3n) is 7.13. The zero-order valence-electron chi connectivity index (χ0n) is 23.3. The minimum Gasteiger partial charge on any atom is -0.493 e. The lowest BCUT2D eigenvalue weighted by atomic mass is 10.1. The molecule has 3 aromatic carbocycles. The predicted molar refractivity (Wildman–Crippen MR) is 150 cm³/mol. The van der Waals surface area contributed by atoms with Crippen molar-refractivity contribution in [2.45, 2.75) is 65.5 Å². The number of aryl methyl sites for hydroxylation is 1. The van der Waals surface area contributed by atoms with E-state index in [1.165, 1.54) is 30.3 Å². The molecule has 1 aromatic heterocycles. The molecular formula is C31H36F4N4O. The lowest BCUT2D eigenvalue weighted by Crippen LogP contribution is -2.40. The van der Waals surface area contributed by atoms with Crippen molar-refractivity contribution in [1.82, 2.24) is 14.0 Å². The number of alkyl halides is 3. The van der Waals surface area contributed by atoms with Gasteiger partial charge in [-0.3, -0.25) is 10.3 Å². The minimum atomic E-state index is -4.49. The van der Waals surface area contributed by atoms with Gasteiger partial charge in [0.1, 0.15) is 11.6 Å². The van der Waals surface area contributed by atoms with Crippen LogP contribution in [0.5, 0.6) is 5.75 Å². The van der Waals surface area contributed by atoms with Crippen LogP contribution >= 0.6 is 0 Å². The third-order valence-corrected chi connectivity index (χ3v) is 7.13. The van der Waals surface area contributed by atoms with Crippen molar-refractivity contribution in [3.63, 3.8) is 0 Å². The topological polar surface area (TPSA) is 46.2 Å². The van der Waals surface area contributed by atoms with E-state index in [4.69, 9.17) is 10.1 Å². The molecular weight excluding hydrogens is 520 g/mol. The van der Waals surface area contributed by atoms with E-state index in [2.05, 4.69) is 32.6 Å². The van der Waals surface area contributed by atoms with E-state index in [-0.39, 0.29) is 18.2 Å². The molecule has 0 atom stereocenters. The molecule has 1 heterocycles. The molecule has 0 aliphatic rings. The van der Waals surface area contributed by atoms with Gasteiger partial charge in [-0.2, -0.15) is 13.2 Å². The van der Waals surface area contributed by atoms with Crippen LogP contribution in [0.1, 0.15) is 39.7 Å². The molecule has 0 aliphatic heterocycles. The van der Waals surface area contributed by atoms with Crippen LogP contribution in [0, 0.1) is 11.2 Å². The molecule has 0 unspecified atom stereocenters. The van der Waals surface area contributed by atoms with Crippen molar-refractivity contribution in [2.75, 3.05) is 13.2 Å². The summed E-state index contributed by atoms with van der Waals surface area (Å²) in [6, 6.07) is 18.1. The van der Waals surface area contributed by atoms with Gasteiger partial charge >= 0.3 is 6.18 Å². The second kappa shape index (κ2) is 12.3. The van der Waals surface area contributed by atoms with E-state index in [0.717, 1.165) is 34.8 Å². The number of nitrogens with one attached hydrogen (secondary N) is 1. The maximum Gasteiger partial charge on any atom is 0.419 e. The standard InChI is InChI=1S/C31H36F4N4O/c1-21(2)37(22(3)4)17-18-39-28-20-24(23-10-13-25(32)14-11-23)12-15-27(28)38(30(39)36)16-7-19-40-29-9-6-5-8-26(29)31(33,34)35/h5-6,8-15,20-22,36H,7,16-19H2,1-4H3. The molecule has 0 saturated carbocycles. The predicted octanol–water partition coefficient (Wildman–Crippen LogP) is 7.34. The number of para-hydroxylation sites is 1. The highest BCUT2D eigenvalue weighted by molar-refractivity contribution is 5.82. The SMILES string of the molecule is CC(C)N(CCn1c(=N)n(CCCOc2ccccc2C(F)(F)F)c2ccc(-c3ccc(F)cc3)cc21)C(C)C. The molecule has 0 aliphatic carbocycles. The van der Waals surface area contributed by atoms with Crippen molar-refractivity contribution in [2.24, 2.45) is 0 Å². The molecule has 0 bridgehead atoms. The smallest absolute Gasteiger partial charge is 0.419 e. The first-order valence-corrected chi connectivity index (χ1v) is 13.6. The summed E-state index contributed by atoms with van der Waals surface area (Å²) in [7, 11) is 0. The normalized spacial score (nSPS) is 12.3. The van der Waals surface area contributed by atoms with Crippen molar-refractivity contribution in [3.05, 3.63) is 83.7 Å². The Kier molecular flexibility index (Phi) is 9.03. The quantitative estimate of drug-likeness (QED) is 0.155. The first-order valence-electron chi connectivity index (χ1n) is 13.6. The van der Waals surface area contributed by atoms with Gasteiger partial charge in [-0.15, -0.1) is 0 Å². The van der Waals surface area contributed by atoms with Crippen LogP contribution in [0.3, 0.4) is 0 Å². The highest BCUT2D eigenvalue weighted by Crippen LogP contribution is 2.36. The van der Waals surface area contributed by atoms with Crippen LogP contribution in [0.4, 0.5) is 17.6 Å². The Balaban J connectivity index is 1.62. The Hall–Kier alpha value is -3.59. The Morgan fingerprint density at radius 2 is 1.45 bits per heavy atom. The maximum absolute atomic E-state index is 13.5. The van der Waals surface area contributed by atoms with Crippen molar-refractivity contribution in [3.8, 4) is 16.9 Å². The van der Waals surface area contributed by atoms with Crippen LogP contribution in [0.25, 0.3) is 22.2 Å². The molecule has 0 radical (unpaired) electrons. The van der Waals surface area contributed by atoms with Gasteiger partial charge in [0.25, 0.3) is 0 Å². The van der Waals surface area contributed by atoms with Crippen LogP contribution in [-0.4, -0.2) is 39.3 Å². The molecule has 0 spiro atoms. The van der Waals surface area contributed by atoms with Crippen LogP contribution in [0.15, 0.2) is 66.7 Å². The summed E-state index contributed by atoms with van der Waals surface area (Å²) in [6.45, 7) is 10.4. The van der Waals surface area contributed by atoms with E-state index < -0.39 is 11.7 Å². The van der Waals surface area contributed by atoms with E-state index in [1.54, 1.807) is 12.1 Å². The number of halogens is 4. The number of imidazole rings is 1. The number of hydrogen-bond acceptors (Lipinski definition) is 3. The zero-order chi connectivity index (χ0) is 29.0. The Labute approximate surface area is 232 Å². The monoisotopic (exact) mass is 556 g/mol. The first kappa shape index (κ1) is 29.4. The first-order chi connectivity index (χ1) is 19.0. The number of rotatable bonds is 11. The van der Waals surface area contributed by atoms with Crippen molar-refractivity contribution >= 4 is 11.0 Å². The van der Waals surface area contributed by atoms with Crippen LogP contribution in [-0.2, 0) is 19.3 Å². The Morgan fingerprint density at radius 1 is 0.825 bits per heavy atom. The van der Waals surface area contributed by atoms with E-state index in [9.17, 15) is 17.6 Å². The summed E-state index contributed by atoms with van der Waals surface area (Å²) < 4.78 is 62.9. The van der Waals surface area contributed by atoms with E-state index >= 15 is 0 Å².